The summed E-state index contributed by atoms with van der Waals surface area (Å²) in [7, 11) is 0. The number of aryl methyl sites for hydroxylation is 1. The van der Waals surface area contributed by atoms with Gasteiger partial charge >= 0.3 is 12.5 Å². The fourth-order valence-electron chi connectivity index (χ4n) is 4.33. The Bertz CT molecular complexity index is 1580. The normalized spacial score (nSPS) is 15.2. The molecule has 5 rings (SSSR count). The van der Waals surface area contributed by atoms with E-state index in [1.54, 1.807) is 24.6 Å². The van der Waals surface area contributed by atoms with Crippen LogP contribution in [0, 0.1) is 18.2 Å². The largest absolute Gasteiger partial charge is 0.334 e. The van der Waals surface area contributed by atoms with Gasteiger partial charge in [-0.3, -0.25) is 4.57 Å². The zero-order valence-corrected chi connectivity index (χ0v) is 20.5. The van der Waals surface area contributed by atoms with Crippen molar-refractivity contribution in [1.29, 1.82) is 5.41 Å². The van der Waals surface area contributed by atoms with Crippen molar-refractivity contribution < 1.29 is 22.0 Å². The van der Waals surface area contributed by atoms with Crippen LogP contribution in [0.1, 0.15) is 29.9 Å². The van der Waals surface area contributed by atoms with Gasteiger partial charge in [-0.25, -0.2) is 19.3 Å². The molecule has 39 heavy (non-hydrogen) atoms. The second-order valence-electron chi connectivity index (χ2n) is 8.76. The van der Waals surface area contributed by atoms with Gasteiger partial charge in [0.1, 0.15) is 17.3 Å². The van der Waals surface area contributed by atoms with Gasteiger partial charge in [0.2, 0.25) is 17.6 Å². The summed E-state index contributed by atoms with van der Waals surface area (Å²) in [5.41, 5.74) is 0.516. The molecule has 15 heteroatoms. The van der Waals surface area contributed by atoms with Crippen molar-refractivity contribution >= 4 is 12.2 Å². The second-order valence-corrected chi connectivity index (χ2v) is 8.76. The summed E-state index contributed by atoms with van der Waals surface area (Å²) in [6, 6.07) is 4.09. The molecular weight excluding hydrogens is 523 g/mol. The Kier molecular flexibility index (Phi) is 6.57. The van der Waals surface area contributed by atoms with Crippen LogP contribution in [-0.2, 0) is 12.5 Å². The van der Waals surface area contributed by atoms with Crippen molar-refractivity contribution in [3.8, 4) is 23.0 Å². The fourth-order valence-corrected chi connectivity index (χ4v) is 4.33. The second kappa shape index (κ2) is 9.89. The van der Waals surface area contributed by atoms with Crippen LogP contribution in [-0.4, -0.2) is 47.0 Å². The molecule has 4 heterocycles. The summed E-state index contributed by atoms with van der Waals surface area (Å²) in [4.78, 5) is 13.0. The summed E-state index contributed by atoms with van der Waals surface area (Å²) in [5.74, 6) is -5.41. The van der Waals surface area contributed by atoms with Gasteiger partial charge in [0.05, 0.1) is 17.3 Å². The van der Waals surface area contributed by atoms with Crippen molar-refractivity contribution in [2.24, 2.45) is 0 Å². The molecule has 3 N–H and O–H groups in total. The number of nitrogens with one attached hydrogen (secondary N) is 3. The van der Waals surface area contributed by atoms with Gasteiger partial charge in [-0.1, -0.05) is 12.1 Å². The van der Waals surface area contributed by atoms with E-state index in [1.165, 1.54) is 22.9 Å². The van der Waals surface area contributed by atoms with Crippen molar-refractivity contribution in [3.05, 3.63) is 71.3 Å². The molecule has 0 aliphatic carbocycles. The van der Waals surface area contributed by atoms with Crippen LogP contribution in [0.3, 0.4) is 0 Å². The van der Waals surface area contributed by atoms with E-state index >= 15 is 8.78 Å². The molecular formula is C24H21F5N10. The number of imidazole rings is 1. The van der Waals surface area contributed by atoms with Gasteiger partial charge < -0.3 is 20.6 Å². The van der Waals surface area contributed by atoms with Gasteiger partial charge in [0.15, 0.2) is 5.82 Å². The highest BCUT2D eigenvalue weighted by Crippen LogP contribution is 2.41. The molecule has 1 aliphatic rings. The van der Waals surface area contributed by atoms with E-state index in [-0.39, 0.29) is 30.0 Å². The van der Waals surface area contributed by atoms with Crippen LogP contribution in [0.25, 0.3) is 23.0 Å². The van der Waals surface area contributed by atoms with Crippen LogP contribution in [0.2, 0.25) is 0 Å². The lowest BCUT2D eigenvalue weighted by Gasteiger charge is -2.26. The number of allylic oxidation sites excluding steroid dienone is 1. The van der Waals surface area contributed by atoms with Crippen LogP contribution in [0.15, 0.2) is 48.6 Å². The quantitative estimate of drug-likeness (QED) is 0.170. The minimum Gasteiger partial charge on any atom is -0.326 e. The maximum atomic E-state index is 15.4. The van der Waals surface area contributed by atoms with Crippen molar-refractivity contribution in [1.82, 2.24) is 39.6 Å². The molecule has 1 atom stereocenters. The van der Waals surface area contributed by atoms with E-state index in [2.05, 4.69) is 30.5 Å². The highest BCUT2D eigenvalue weighted by atomic mass is 19.3. The Morgan fingerprint density at radius 3 is 2.67 bits per heavy atom. The van der Waals surface area contributed by atoms with E-state index in [4.69, 9.17) is 5.41 Å². The molecule has 4 aromatic rings. The molecule has 0 bridgehead atoms. The number of halogens is 5. The number of anilines is 1. The van der Waals surface area contributed by atoms with Crippen molar-refractivity contribution in [2.75, 3.05) is 5.32 Å². The van der Waals surface area contributed by atoms with E-state index < -0.39 is 35.7 Å². The highest BCUT2D eigenvalue weighted by molar-refractivity contribution is 5.70. The average Bonchev–Trinajstić information content (AvgIpc) is 3.50. The Morgan fingerprint density at radius 1 is 1.18 bits per heavy atom. The monoisotopic (exact) mass is 544 g/mol. The number of hydrogen-bond donors (Lipinski definition) is 3. The number of nitrogens with zero attached hydrogens (tertiary/aromatic N) is 7. The van der Waals surface area contributed by atoms with E-state index in [1.807, 2.05) is 5.32 Å². The zero-order chi connectivity index (χ0) is 27.9. The molecule has 0 fully saturated rings. The predicted molar refractivity (Wildman–Crippen MR) is 131 cm³/mol. The van der Waals surface area contributed by atoms with Crippen LogP contribution in [0.4, 0.5) is 27.9 Å². The van der Waals surface area contributed by atoms with Crippen LogP contribution < -0.4 is 10.6 Å². The SMILES string of the molecule is Cc1cnc(N/C(=C/C=N)NC(F)F)nc1-c1cn2c(n1)-c1nnc(C(F)(F)c3ccccc3F)n1[C@@H](C)C2. The Hall–Kier alpha value is -4.69. The molecule has 0 amide bonds. The minimum absolute atomic E-state index is 0.0360. The summed E-state index contributed by atoms with van der Waals surface area (Å²) >= 11 is 0. The average molecular weight is 544 g/mol. The number of rotatable bonds is 8. The van der Waals surface area contributed by atoms with Gasteiger partial charge in [0.25, 0.3) is 0 Å². The Morgan fingerprint density at radius 2 is 1.95 bits per heavy atom. The molecule has 0 unspecified atom stereocenters. The third-order valence-corrected chi connectivity index (χ3v) is 6.04. The maximum absolute atomic E-state index is 15.4. The molecule has 0 radical (unpaired) electrons. The lowest BCUT2D eigenvalue weighted by Crippen LogP contribution is -2.28. The van der Waals surface area contributed by atoms with E-state index in [0.29, 0.717) is 17.0 Å². The molecule has 10 nitrogen and oxygen atoms in total. The van der Waals surface area contributed by atoms with Gasteiger partial charge in [0, 0.05) is 25.2 Å². The first kappa shape index (κ1) is 25.9. The van der Waals surface area contributed by atoms with Crippen LogP contribution in [0.5, 0.6) is 0 Å². The lowest BCUT2D eigenvalue weighted by molar-refractivity contribution is 0.0231. The summed E-state index contributed by atoms with van der Waals surface area (Å²) in [6.07, 6.45) is 5.03. The van der Waals surface area contributed by atoms with E-state index in [9.17, 15) is 13.2 Å². The number of alkyl halides is 4. The Labute approximate surface area is 218 Å². The summed E-state index contributed by atoms with van der Waals surface area (Å²) < 4.78 is 73.7. The summed E-state index contributed by atoms with van der Waals surface area (Å²) in [6.45, 7) is 0.791. The topological polar surface area (TPSA) is 122 Å². The fraction of sp³-hybridized carbons (Fsp3) is 0.250. The molecule has 202 valence electrons. The third kappa shape index (κ3) is 4.70. The molecule has 1 aliphatic heterocycles. The number of aromatic nitrogens is 7. The molecule has 0 saturated heterocycles. The highest BCUT2D eigenvalue weighted by Gasteiger charge is 2.45. The number of benzene rings is 1. The van der Waals surface area contributed by atoms with Gasteiger partial charge in [-0.2, -0.15) is 17.6 Å². The molecule has 3 aromatic heterocycles. The van der Waals surface area contributed by atoms with Gasteiger partial charge in [-0.15, -0.1) is 10.2 Å². The predicted octanol–water partition coefficient (Wildman–Crippen LogP) is 4.48. The van der Waals surface area contributed by atoms with Crippen LogP contribution >= 0.6 is 0 Å². The smallest absolute Gasteiger partial charge is 0.326 e. The number of hydrogen-bond acceptors (Lipinski definition) is 8. The molecule has 0 spiro atoms. The van der Waals surface area contributed by atoms with Crippen molar-refractivity contribution in [2.45, 2.75) is 38.9 Å². The lowest BCUT2D eigenvalue weighted by atomic mass is 10.1. The maximum Gasteiger partial charge on any atom is 0.334 e. The first-order valence-corrected chi connectivity index (χ1v) is 11.6. The van der Waals surface area contributed by atoms with Gasteiger partial charge in [-0.05, 0) is 37.6 Å². The first-order valence-electron chi connectivity index (χ1n) is 11.6. The minimum atomic E-state index is -3.75. The zero-order valence-electron chi connectivity index (χ0n) is 20.5. The standard InChI is InChI=1S/C24H21F5N10/c1-12-9-31-23(34-17(7-8-30)33-22(26)27)35-18(12)16-11-38-10-13(2)39-20(19(38)32-16)36-37-21(39)24(28,29)14-5-3-4-6-15(14)25/h3-9,11,13,22,30,33H,10H2,1-2H3,(H,31,34,35)/b17-7+,30-8?/t13-/m0/s1. The first-order chi connectivity index (χ1) is 18.6. The molecule has 1 aromatic carbocycles. The number of fused-ring (bicyclic) bond motifs is 3. The third-order valence-electron chi connectivity index (χ3n) is 6.04. The van der Waals surface area contributed by atoms with Crippen molar-refractivity contribution in [3.63, 3.8) is 0 Å². The summed E-state index contributed by atoms with van der Waals surface area (Å²) in [5, 5.41) is 19.3. The molecule has 0 saturated carbocycles. The Balaban J connectivity index is 1.53. The van der Waals surface area contributed by atoms with E-state index in [0.717, 1.165) is 24.4 Å².